The number of rotatable bonds is 0. The molecule has 0 fully saturated rings. The lowest BCUT2D eigenvalue weighted by Crippen LogP contribution is -1.86. The lowest BCUT2D eigenvalue weighted by Gasteiger charge is -2.00. The zero-order chi connectivity index (χ0) is 10.4. The van der Waals surface area contributed by atoms with Crippen LogP contribution in [0.1, 0.15) is 0 Å². The molecule has 3 rings (SSSR count). The molecule has 5 heteroatoms. The number of fused-ring (bicyclic) bond motifs is 3. The molecular formula is C10H5ClFN3. The Morgan fingerprint density at radius 2 is 2.20 bits per heavy atom. The lowest BCUT2D eigenvalue weighted by molar-refractivity contribution is 0.640. The third-order valence-corrected chi connectivity index (χ3v) is 2.58. The fourth-order valence-electron chi connectivity index (χ4n) is 1.67. The number of pyridine rings is 1. The smallest absolute Gasteiger partial charge is 0.157 e. The van der Waals surface area contributed by atoms with E-state index in [9.17, 15) is 4.39 Å². The van der Waals surface area contributed by atoms with Gasteiger partial charge in [-0.3, -0.25) is 5.10 Å². The van der Waals surface area contributed by atoms with Crippen LogP contribution in [0.2, 0.25) is 5.15 Å². The third-order valence-electron chi connectivity index (χ3n) is 2.32. The second-order valence-corrected chi connectivity index (χ2v) is 3.54. The summed E-state index contributed by atoms with van der Waals surface area (Å²) in [6, 6.07) is 4.72. The highest BCUT2D eigenvalue weighted by molar-refractivity contribution is 6.35. The van der Waals surface area contributed by atoms with E-state index in [0.717, 1.165) is 0 Å². The minimum absolute atomic E-state index is 0.282. The molecule has 0 spiro atoms. The number of aromatic nitrogens is 3. The van der Waals surface area contributed by atoms with Gasteiger partial charge in [-0.15, -0.1) is 0 Å². The van der Waals surface area contributed by atoms with Crippen molar-refractivity contribution < 1.29 is 4.39 Å². The van der Waals surface area contributed by atoms with Crippen LogP contribution in [0.3, 0.4) is 0 Å². The molecule has 0 aliphatic heterocycles. The van der Waals surface area contributed by atoms with E-state index in [1.54, 1.807) is 18.3 Å². The lowest BCUT2D eigenvalue weighted by atomic mass is 10.1. The van der Waals surface area contributed by atoms with E-state index in [-0.39, 0.29) is 11.0 Å². The van der Waals surface area contributed by atoms with Crippen LogP contribution in [0.25, 0.3) is 21.8 Å². The molecule has 74 valence electrons. The zero-order valence-electron chi connectivity index (χ0n) is 7.46. The van der Waals surface area contributed by atoms with Gasteiger partial charge in [0.15, 0.2) is 5.15 Å². The third kappa shape index (κ3) is 1.11. The highest BCUT2D eigenvalue weighted by Gasteiger charge is 2.11. The first kappa shape index (κ1) is 8.61. The van der Waals surface area contributed by atoms with Crippen molar-refractivity contribution in [1.82, 2.24) is 15.2 Å². The Morgan fingerprint density at radius 1 is 1.33 bits per heavy atom. The van der Waals surface area contributed by atoms with Gasteiger partial charge in [-0.05, 0) is 12.1 Å². The first-order valence-corrected chi connectivity index (χ1v) is 4.72. The Hall–Kier alpha value is -1.68. The van der Waals surface area contributed by atoms with E-state index in [1.807, 2.05) is 0 Å². The number of nitrogens with zero attached hydrogens (tertiary/aromatic N) is 2. The molecule has 0 aliphatic rings. The van der Waals surface area contributed by atoms with Crippen molar-refractivity contribution in [2.75, 3.05) is 0 Å². The maximum absolute atomic E-state index is 13.6. The Kier molecular flexibility index (Phi) is 1.67. The Morgan fingerprint density at radius 3 is 3.07 bits per heavy atom. The van der Waals surface area contributed by atoms with E-state index in [4.69, 9.17) is 11.6 Å². The SMILES string of the molecule is Fc1cccc2nc(Cl)c3n[nH]cc3c12. The summed E-state index contributed by atoms with van der Waals surface area (Å²) in [7, 11) is 0. The van der Waals surface area contributed by atoms with Crippen molar-refractivity contribution in [3.8, 4) is 0 Å². The van der Waals surface area contributed by atoms with Crippen molar-refractivity contribution in [3.05, 3.63) is 35.4 Å². The van der Waals surface area contributed by atoms with Crippen LogP contribution in [0, 0.1) is 5.82 Å². The van der Waals surface area contributed by atoms with Crippen molar-refractivity contribution in [2.24, 2.45) is 0 Å². The predicted octanol–water partition coefficient (Wildman–Crippen LogP) is 2.90. The minimum Gasteiger partial charge on any atom is -0.284 e. The largest absolute Gasteiger partial charge is 0.284 e. The van der Waals surface area contributed by atoms with E-state index >= 15 is 0 Å². The summed E-state index contributed by atoms with van der Waals surface area (Å²) in [6.07, 6.45) is 1.62. The van der Waals surface area contributed by atoms with E-state index < -0.39 is 0 Å². The molecule has 3 aromatic rings. The predicted molar refractivity (Wildman–Crippen MR) is 56.4 cm³/mol. The van der Waals surface area contributed by atoms with Gasteiger partial charge in [0.05, 0.1) is 5.52 Å². The summed E-state index contributed by atoms with van der Waals surface area (Å²) >= 11 is 5.91. The Balaban J connectivity index is 2.68. The molecule has 0 saturated heterocycles. The van der Waals surface area contributed by atoms with Crippen LogP contribution in [0.4, 0.5) is 4.39 Å². The highest BCUT2D eigenvalue weighted by Crippen LogP contribution is 2.28. The zero-order valence-corrected chi connectivity index (χ0v) is 8.22. The number of nitrogens with one attached hydrogen (secondary N) is 1. The average Bonchev–Trinajstić information content (AvgIpc) is 2.66. The summed E-state index contributed by atoms with van der Waals surface area (Å²) in [5, 5.41) is 7.97. The van der Waals surface area contributed by atoms with Crippen LogP contribution in [-0.2, 0) is 0 Å². The first-order valence-electron chi connectivity index (χ1n) is 4.34. The fourth-order valence-corrected chi connectivity index (χ4v) is 1.90. The van der Waals surface area contributed by atoms with E-state index in [0.29, 0.717) is 21.8 Å². The van der Waals surface area contributed by atoms with Crippen LogP contribution < -0.4 is 0 Å². The molecule has 2 aromatic heterocycles. The molecule has 0 atom stereocenters. The van der Waals surface area contributed by atoms with Crippen LogP contribution in [-0.4, -0.2) is 15.2 Å². The van der Waals surface area contributed by atoms with E-state index in [2.05, 4.69) is 15.2 Å². The maximum atomic E-state index is 13.6. The molecule has 15 heavy (non-hydrogen) atoms. The van der Waals surface area contributed by atoms with Crippen LogP contribution in [0.5, 0.6) is 0 Å². The first-order chi connectivity index (χ1) is 7.27. The Labute approximate surface area is 88.9 Å². The molecule has 1 aromatic carbocycles. The second-order valence-electron chi connectivity index (χ2n) is 3.18. The molecule has 0 aliphatic carbocycles. The van der Waals surface area contributed by atoms with Gasteiger partial charge >= 0.3 is 0 Å². The van der Waals surface area contributed by atoms with Crippen molar-refractivity contribution in [2.45, 2.75) is 0 Å². The van der Waals surface area contributed by atoms with Crippen molar-refractivity contribution in [1.29, 1.82) is 0 Å². The second kappa shape index (κ2) is 2.90. The minimum atomic E-state index is -0.317. The fraction of sp³-hybridized carbons (Fsp3) is 0. The molecule has 0 radical (unpaired) electrons. The van der Waals surface area contributed by atoms with Crippen LogP contribution in [0.15, 0.2) is 24.4 Å². The van der Waals surface area contributed by atoms with Crippen molar-refractivity contribution in [3.63, 3.8) is 0 Å². The van der Waals surface area contributed by atoms with Gasteiger partial charge in [0.1, 0.15) is 11.3 Å². The van der Waals surface area contributed by atoms with Crippen molar-refractivity contribution >= 4 is 33.4 Å². The van der Waals surface area contributed by atoms with Gasteiger partial charge in [0.25, 0.3) is 0 Å². The molecule has 0 amide bonds. The Bertz CT molecular complexity index is 662. The molecule has 0 unspecified atom stereocenters. The number of hydrogen-bond acceptors (Lipinski definition) is 2. The van der Waals surface area contributed by atoms with Gasteiger partial charge in [0.2, 0.25) is 0 Å². The highest BCUT2D eigenvalue weighted by atomic mass is 35.5. The number of hydrogen-bond donors (Lipinski definition) is 1. The van der Waals surface area contributed by atoms with Crippen LogP contribution >= 0.6 is 11.6 Å². The average molecular weight is 222 g/mol. The molecule has 0 bridgehead atoms. The summed E-state index contributed by atoms with van der Waals surface area (Å²) in [6.45, 7) is 0. The molecule has 2 heterocycles. The normalized spacial score (nSPS) is 11.3. The van der Waals surface area contributed by atoms with Gasteiger partial charge < -0.3 is 0 Å². The number of benzene rings is 1. The molecule has 1 N–H and O–H groups in total. The van der Waals surface area contributed by atoms with Gasteiger partial charge in [-0.25, -0.2) is 9.37 Å². The van der Waals surface area contributed by atoms with Gasteiger partial charge in [-0.2, -0.15) is 5.10 Å². The topological polar surface area (TPSA) is 41.6 Å². The van der Waals surface area contributed by atoms with Gasteiger partial charge in [-0.1, -0.05) is 17.7 Å². The summed E-state index contributed by atoms with van der Waals surface area (Å²) in [4.78, 5) is 4.08. The quantitative estimate of drug-likeness (QED) is 0.593. The summed E-state index contributed by atoms with van der Waals surface area (Å²) in [5.74, 6) is -0.317. The maximum Gasteiger partial charge on any atom is 0.157 e. The molecular weight excluding hydrogens is 217 g/mol. The van der Waals surface area contributed by atoms with E-state index in [1.165, 1.54) is 6.07 Å². The number of H-pyrrole nitrogens is 1. The summed E-state index contributed by atoms with van der Waals surface area (Å²) < 4.78 is 13.6. The van der Waals surface area contributed by atoms with Gasteiger partial charge in [0, 0.05) is 17.0 Å². The molecule has 3 nitrogen and oxygen atoms in total. The monoisotopic (exact) mass is 221 g/mol. The standard InChI is InChI=1S/C10H5ClFN3/c11-10-9-5(4-13-15-9)8-6(12)2-1-3-7(8)14-10/h1-4H,(H,13,15). The molecule has 0 saturated carbocycles. The summed E-state index contributed by atoms with van der Waals surface area (Å²) in [5.41, 5.74) is 1.03. The number of halogens is 2. The number of aromatic amines is 1.